The fourth-order valence-electron chi connectivity index (χ4n) is 2.52. The highest BCUT2D eigenvalue weighted by molar-refractivity contribution is 5.88. The Hall–Kier alpha value is -4.08. The number of amides is 2. The van der Waals surface area contributed by atoms with Crippen LogP contribution in [0.4, 0.5) is 0 Å². The molecule has 0 bridgehead atoms. The molecule has 10 nitrogen and oxygen atoms in total. The Bertz CT molecular complexity index is 911. The van der Waals surface area contributed by atoms with E-state index in [1.165, 1.54) is 12.4 Å². The van der Waals surface area contributed by atoms with E-state index in [0.717, 1.165) is 0 Å². The molecule has 4 N–H and O–H groups in total. The number of rotatable bonds is 11. The van der Waals surface area contributed by atoms with Crippen molar-refractivity contribution in [3.8, 4) is 23.0 Å². The molecule has 0 fully saturated rings. The number of carbonyl (C=O) groups is 2. The molecule has 170 valence electrons. The van der Waals surface area contributed by atoms with Crippen LogP contribution in [-0.4, -0.2) is 47.7 Å². The van der Waals surface area contributed by atoms with Crippen molar-refractivity contribution in [2.75, 3.05) is 13.2 Å². The number of phenolic OH excluding ortho intramolecular Hbond substituents is 2. The minimum Gasteiger partial charge on any atom is -0.504 e. The third kappa shape index (κ3) is 7.31. The number of nitrogens with one attached hydrogen (secondary N) is 2. The largest absolute Gasteiger partial charge is 0.504 e. The third-order valence-electron chi connectivity index (χ3n) is 4.03. The average Bonchev–Trinajstić information content (AvgIpc) is 2.77. The molecule has 0 aliphatic heterocycles. The van der Waals surface area contributed by atoms with Crippen molar-refractivity contribution in [1.29, 1.82) is 0 Å². The van der Waals surface area contributed by atoms with Crippen molar-refractivity contribution in [1.82, 2.24) is 10.9 Å². The van der Waals surface area contributed by atoms with E-state index in [2.05, 4.69) is 21.1 Å². The molecular weight excluding hydrogens is 416 g/mol. The van der Waals surface area contributed by atoms with Gasteiger partial charge in [0.05, 0.1) is 25.6 Å². The molecular formula is C22H26N4O6. The number of hydrogen-bond acceptors (Lipinski definition) is 8. The van der Waals surface area contributed by atoms with Gasteiger partial charge in [-0.3, -0.25) is 9.59 Å². The van der Waals surface area contributed by atoms with E-state index in [4.69, 9.17) is 9.47 Å². The number of hydrazone groups is 2. The lowest BCUT2D eigenvalue weighted by Crippen LogP contribution is -2.22. The van der Waals surface area contributed by atoms with Crippen LogP contribution >= 0.6 is 0 Å². The minimum atomic E-state index is -0.483. The lowest BCUT2D eigenvalue weighted by molar-refractivity contribution is -0.126. The molecule has 10 heteroatoms. The van der Waals surface area contributed by atoms with Crippen LogP contribution < -0.4 is 20.3 Å². The van der Waals surface area contributed by atoms with Crippen LogP contribution in [0, 0.1) is 0 Å². The predicted molar refractivity (Wildman–Crippen MR) is 119 cm³/mol. The summed E-state index contributed by atoms with van der Waals surface area (Å²) in [7, 11) is 0. The smallest absolute Gasteiger partial charge is 0.240 e. The van der Waals surface area contributed by atoms with E-state index in [0.29, 0.717) is 35.8 Å². The summed E-state index contributed by atoms with van der Waals surface area (Å²) in [5.41, 5.74) is 5.32. The Morgan fingerprint density at radius 3 is 1.59 bits per heavy atom. The van der Waals surface area contributed by atoms with Gasteiger partial charge >= 0.3 is 0 Å². The standard InChI is InChI=1S/C22H26N4O6/c1-3-31-17-9-5-7-15(21(17)29)13-23-25-19(27)11-12-20(28)26-24-14-16-8-6-10-18(22(16)30)32-4-2/h5-10,13-14,29-30H,3-4,11-12H2,1-2H3,(H,25,27)(H,26,28). The SMILES string of the molecule is CCOc1cccc(C=NNC(=O)CCC(=O)NN=Cc2cccc(OCC)c2O)c1O. The second-order valence-electron chi connectivity index (χ2n) is 6.34. The van der Waals surface area contributed by atoms with Gasteiger partial charge in [0.2, 0.25) is 11.8 Å². The van der Waals surface area contributed by atoms with Gasteiger partial charge in [-0.1, -0.05) is 12.1 Å². The molecule has 0 spiro atoms. The summed E-state index contributed by atoms with van der Waals surface area (Å²) in [5, 5.41) is 27.7. The molecule has 0 heterocycles. The predicted octanol–water partition coefficient (Wildman–Crippen LogP) is 2.28. The molecule has 2 aromatic rings. The summed E-state index contributed by atoms with van der Waals surface area (Å²) in [6.45, 7) is 4.40. The molecule has 0 saturated heterocycles. The number of ether oxygens (including phenoxy) is 2. The molecule has 32 heavy (non-hydrogen) atoms. The van der Waals surface area contributed by atoms with Crippen LogP contribution in [0.2, 0.25) is 0 Å². The van der Waals surface area contributed by atoms with Crippen LogP contribution in [0.3, 0.4) is 0 Å². The number of carbonyl (C=O) groups excluding carboxylic acids is 2. The van der Waals surface area contributed by atoms with E-state index >= 15 is 0 Å². The Morgan fingerprint density at radius 2 is 1.22 bits per heavy atom. The maximum atomic E-state index is 11.9. The van der Waals surface area contributed by atoms with Gasteiger partial charge in [0.25, 0.3) is 0 Å². The number of para-hydroxylation sites is 2. The Morgan fingerprint density at radius 1 is 0.812 bits per heavy atom. The first kappa shape index (κ1) is 24.2. The molecule has 2 aromatic carbocycles. The number of benzene rings is 2. The van der Waals surface area contributed by atoms with Crippen molar-refractivity contribution in [2.24, 2.45) is 10.2 Å². The first-order valence-corrected chi connectivity index (χ1v) is 9.99. The van der Waals surface area contributed by atoms with Crippen molar-refractivity contribution in [2.45, 2.75) is 26.7 Å². The fourth-order valence-corrected chi connectivity index (χ4v) is 2.52. The van der Waals surface area contributed by atoms with Crippen LogP contribution in [-0.2, 0) is 9.59 Å². The van der Waals surface area contributed by atoms with Crippen molar-refractivity contribution >= 4 is 24.2 Å². The Kier molecular flexibility index (Phi) is 9.51. The molecule has 2 rings (SSSR count). The van der Waals surface area contributed by atoms with Gasteiger partial charge in [0.1, 0.15) is 0 Å². The number of nitrogens with zero attached hydrogens (tertiary/aromatic N) is 2. The van der Waals surface area contributed by atoms with E-state index < -0.39 is 11.8 Å². The molecule has 0 aliphatic carbocycles. The summed E-state index contributed by atoms with van der Waals surface area (Å²) in [5.74, 6) is -0.494. The van der Waals surface area contributed by atoms with Crippen LogP contribution in [0.5, 0.6) is 23.0 Å². The quantitative estimate of drug-likeness (QED) is 0.311. The van der Waals surface area contributed by atoms with Gasteiger partial charge < -0.3 is 19.7 Å². The lowest BCUT2D eigenvalue weighted by Gasteiger charge is -2.07. The first-order valence-electron chi connectivity index (χ1n) is 9.99. The maximum Gasteiger partial charge on any atom is 0.240 e. The fraction of sp³-hybridized carbons (Fsp3) is 0.273. The van der Waals surface area contributed by atoms with Crippen LogP contribution in [0.15, 0.2) is 46.6 Å². The molecule has 2 amide bonds. The maximum absolute atomic E-state index is 11.9. The van der Waals surface area contributed by atoms with Gasteiger partial charge in [0.15, 0.2) is 23.0 Å². The van der Waals surface area contributed by atoms with Crippen LogP contribution in [0.25, 0.3) is 0 Å². The number of phenols is 2. The van der Waals surface area contributed by atoms with Crippen molar-refractivity contribution < 1.29 is 29.3 Å². The zero-order valence-electron chi connectivity index (χ0n) is 17.9. The molecule has 0 radical (unpaired) electrons. The third-order valence-corrected chi connectivity index (χ3v) is 4.03. The topological polar surface area (TPSA) is 142 Å². The molecule has 0 atom stereocenters. The zero-order chi connectivity index (χ0) is 23.3. The highest BCUT2D eigenvalue weighted by Gasteiger charge is 2.08. The Balaban J connectivity index is 1.78. The lowest BCUT2D eigenvalue weighted by atomic mass is 10.2. The molecule has 0 unspecified atom stereocenters. The number of hydrogen-bond donors (Lipinski definition) is 4. The summed E-state index contributed by atoms with van der Waals surface area (Å²) < 4.78 is 10.6. The van der Waals surface area contributed by atoms with Crippen LogP contribution in [0.1, 0.15) is 37.8 Å². The normalized spacial score (nSPS) is 10.9. The molecule has 0 aliphatic rings. The minimum absolute atomic E-state index is 0.0811. The summed E-state index contributed by atoms with van der Waals surface area (Å²) in [6.07, 6.45) is 2.33. The summed E-state index contributed by atoms with van der Waals surface area (Å²) in [6, 6.07) is 9.83. The molecule has 0 aromatic heterocycles. The highest BCUT2D eigenvalue weighted by atomic mass is 16.5. The van der Waals surface area contributed by atoms with E-state index in [1.807, 2.05) is 0 Å². The van der Waals surface area contributed by atoms with E-state index in [9.17, 15) is 19.8 Å². The monoisotopic (exact) mass is 442 g/mol. The highest BCUT2D eigenvalue weighted by Crippen LogP contribution is 2.29. The Labute approximate surface area is 185 Å². The number of aromatic hydroxyl groups is 2. The first-order chi connectivity index (χ1) is 15.5. The second-order valence-corrected chi connectivity index (χ2v) is 6.34. The summed E-state index contributed by atoms with van der Waals surface area (Å²) in [4.78, 5) is 23.7. The van der Waals surface area contributed by atoms with Gasteiger partial charge in [-0.25, -0.2) is 10.9 Å². The van der Waals surface area contributed by atoms with Crippen molar-refractivity contribution in [3.63, 3.8) is 0 Å². The average molecular weight is 442 g/mol. The van der Waals surface area contributed by atoms with E-state index in [-0.39, 0.29) is 24.3 Å². The molecule has 0 saturated carbocycles. The second kappa shape index (κ2) is 12.6. The van der Waals surface area contributed by atoms with Gasteiger partial charge in [-0.05, 0) is 38.1 Å². The van der Waals surface area contributed by atoms with Gasteiger partial charge in [-0.2, -0.15) is 10.2 Å². The zero-order valence-corrected chi connectivity index (χ0v) is 17.9. The van der Waals surface area contributed by atoms with Crippen molar-refractivity contribution in [3.05, 3.63) is 47.5 Å². The van der Waals surface area contributed by atoms with Gasteiger partial charge in [0, 0.05) is 24.0 Å². The van der Waals surface area contributed by atoms with E-state index in [1.54, 1.807) is 50.2 Å². The summed E-state index contributed by atoms with van der Waals surface area (Å²) >= 11 is 0. The van der Waals surface area contributed by atoms with Gasteiger partial charge in [-0.15, -0.1) is 0 Å².